The molecule has 2 fully saturated rings. The standard InChI is InChI=1S/C22H26N2O6S/c1-2-29-20(26)15-30-17-9-7-16(8-10-17)13-18-21(27)24(22(28)31-18)14-19(25)23-11-5-3-4-6-12-23/h7-10,13H,2-6,11-12,14-15H2,1H3. The summed E-state index contributed by atoms with van der Waals surface area (Å²) in [6.45, 7) is 2.96. The van der Waals surface area contributed by atoms with E-state index in [0.29, 0.717) is 31.0 Å². The second kappa shape index (κ2) is 11.0. The van der Waals surface area contributed by atoms with Gasteiger partial charge in [0.25, 0.3) is 11.1 Å². The van der Waals surface area contributed by atoms with Gasteiger partial charge in [0, 0.05) is 13.1 Å². The van der Waals surface area contributed by atoms with Crippen LogP contribution >= 0.6 is 11.8 Å². The minimum Gasteiger partial charge on any atom is -0.482 e. The number of carbonyl (C=O) groups is 4. The highest BCUT2D eigenvalue weighted by Crippen LogP contribution is 2.32. The Balaban J connectivity index is 1.59. The van der Waals surface area contributed by atoms with Crippen LogP contribution in [0.4, 0.5) is 4.79 Å². The third kappa shape index (κ3) is 6.33. The molecule has 0 N–H and O–H groups in total. The van der Waals surface area contributed by atoms with Gasteiger partial charge in [0.15, 0.2) is 6.61 Å². The molecular formula is C22H26N2O6S. The topological polar surface area (TPSA) is 93.2 Å². The van der Waals surface area contributed by atoms with Crippen molar-refractivity contribution in [3.8, 4) is 5.75 Å². The number of carbonyl (C=O) groups excluding carboxylic acids is 4. The van der Waals surface area contributed by atoms with Crippen molar-refractivity contribution >= 4 is 40.9 Å². The van der Waals surface area contributed by atoms with E-state index in [2.05, 4.69) is 0 Å². The van der Waals surface area contributed by atoms with E-state index in [0.717, 1.165) is 42.3 Å². The van der Waals surface area contributed by atoms with Gasteiger partial charge in [-0.3, -0.25) is 19.3 Å². The van der Waals surface area contributed by atoms with Gasteiger partial charge in [-0.15, -0.1) is 0 Å². The van der Waals surface area contributed by atoms with Gasteiger partial charge in [0.05, 0.1) is 11.5 Å². The molecule has 2 heterocycles. The second-order valence-electron chi connectivity index (χ2n) is 7.23. The van der Waals surface area contributed by atoms with E-state index in [4.69, 9.17) is 9.47 Å². The average molecular weight is 447 g/mol. The molecule has 2 saturated heterocycles. The Morgan fingerprint density at radius 3 is 2.39 bits per heavy atom. The van der Waals surface area contributed by atoms with Crippen molar-refractivity contribution in [2.75, 3.05) is 32.8 Å². The summed E-state index contributed by atoms with van der Waals surface area (Å²) in [4.78, 5) is 51.9. The molecule has 0 radical (unpaired) electrons. The van der Waals surface area contributed by atoms with Crippen LogP contribution in [0.5, 0.6) is 5.75 Å². The van der Waals surface area contributed by atoms with Gasteiger partial charge in [0.2, 0.25) is 5.91 Å². The number of thioether (sulfide) groups is 1. The highest BCUT2D eigenvalue weighted by Gasteiger charge is 2.37. The molecule has 1 aromatic rings. The minimum absolute atomic E-state index is 0.183. The third-order valence-electron chi connectivity index (χ3n) is 4.97. The Morgan fingerprint density at radius 1 is 1.06 bits per heavy atom. The van der Waals surface area contributed by atoms with Crippen molar-refractivity contribution in [1.29, 1.82) is 0 Å². The zero-order chi connectivity index (χ0) is 22.2. The molecule has 0 saturated carbocycles. The number of benzene rings is 1. The Kier molecular flexibility index (Phi) is 8.11. The van der Waals surface area contributed by atoms with Crippen LogP contribution in [0.25, 0.3) is 6.08 Å². The average Bonchev–Trinajstić information content (AvgIpc) is 2.96. The van der Waals surface area contributed by atoms with Crippen LogP contribution in [0, 0.1) is 0 Å². The number of hydrogen-bond donors (Lipinski definition) is 0. The maximum atomic E-state index is 12.7. The first-order valence-electron chi connectivity index (χ1n) is 10.4. The van der Waals surface area contributed by atoms with Gasteiger partial charge in [-0.2, -0.15) is 0 Å². The van der Waals surface area contributed by atoms with Crippen molar-refractivity contribution in [3.63, 3.8) is 0 Å². The quantitative estimate of drug-likeness (QED) is 0.469. The van der Waals surface area contributed by atoms with E-state index < -0.39 is 17.1 Å². The number of amides is 3. The predicted molar refractivity (Wildman–Crippen MR) is 116 cm³/mol. The molecule has 2 aliphatic heterocycles. The number of esters is 1. The summed E-state index contributed by atoms with van der Waals surface area (Å²) in [5.41, 5.74) is 0.702. The highest BCUT2D eigenvalue weighted by molar-refractivity contribution is 8.18. The van der Waals surface area contributed by atoms with Crippen LogP contribution < -0.4 is 4.74 Å². The largest absolute Gasteiger partial charge is 0.482 e. The Labute approximate surface area is 185 Å². The summed E-state index contributed by atoms with van der Waals surface area (Å²) in [6.07, 6.45) is 5.71. The molecule has 31 heavy (non-hydrogen) atoms. The van der Waals surface area contributed by atoms with Crippen molar-refractivity contribution < 1.29 is 28.7 Å². The van der Waals surface area contributed by atoms with Crippen molar-refractivity contribution in [1.82, 2.24) is 9.80 Å². The van der Waals surface area contributed by atoms with E-state index in [1.807, 2.05) is 0 Å². The van der Waals surface area contributed by atoms with Gasteiger partial charge >= 0.3 is 5.97 Å². The van der Waals surface area contributed by atoms with Gasteiger partial charge in [-0.25, -0.2) is 4.79 Å². The summed E-state index contributed by atoms with van der Waals surface area (Å²) in [6, 6.07) is 6.77. The molecular weight excluding hydrogens is 420 g/mol. The van der Waals surface area contributed by atoms with E-state index in [-0.39, 0.29) is 24.0 Å². The summed E-state index contributed by atoms with van der Waals surface area (Å²) in [7, 11) is 0. The zero-order valence-electron chi connectivity index (χ0n) is 17.5. The molecule has 9 heteroatoms. The molecule has 3 amide bonds. The first-order chi connectivity index (χ1) is 15.0. The summed E-state index contributed by atoms with van der Waals surface area (Å²) in [5, 5.41) is -0.436. The number of likely N-dealkylation sites (tertiary alicyclic amines) is 1. The molecule has 1 aromatic carbocycles. The predicted octanol–water partition coefficient (Wildman–Crippen LogP) is 3.07. The lowest BCUT2D eigenvalue weighted by Gasteiger charge is -2.22. The van der Waals surface area contributed by atoms with Gasteiger partial charge in [-0.05, 0) is 55.3 Å². The maximum absolute atomic E-state index is 12.7. The van der Waals surface area contributed by atoms with Crippen molar-refractivity contribution in [3.05, 3.63) is 34.7 Å². The first kappa shape index (κ1) is 22.9. The number of imide groups is 1. The zero-order valence-corrected chi connectivity index (χ0v) is 18.3. The van der Waals surface area contributed by atoms with Crippen LogP contribution in [0.15, 0.2) is 29.2 Å². The molecule has 0 bridgehead atoms. The fraction of sp³-hybridized carbons (Fsp3) is 0.455. The van der Waals surface area contributed by atoms with E-state index in [9.17, 15) is 19.2 Å². The SMILES string of the molecule is CCOC(=O)COc1ccc(C=C2SC(=O)N(CC(=O)N3CCCCCC3)C2=O)cc1. The van der Waals surface area contributed by atoms with Crippen LogP contribution in [0.1, 0.15) is 38.2 Å². The monoisotopic (exact) mass is 446 g/mol. The van der Waals surface area contributed by atoms with Crippen LogP contribution in [-0.2, 0) is 19.1 Å². The fourth-order valence-electron chi connectivity index (χ4n) is 3.35. The third-order valence-corrected chi connectivity index (χ3v) is 5.87. The number of nitrogens with zero attached hydrogens (tertiary/aromatic N) is 2. The Hall–Kier alpha value is -2.81. The Bertz CT molecular complexity index is 859. The summed E-state index contributed by atoms with van der Waals surface area (Å²) < 4.78 is 10.1. The van der Waals surface area contributed by atoms with Crippen molar-refractivity contribution in [2.45, 2.75) is 32.6 Å². The molecule has 166 valence electrons. The van der Waals surface area contributed by atoms with Crippen LogP contribution in [-0.4, -0.2) is 65.7 Å². The van der Waals surface area contributed by atoms with Gasteiger partial charge in [0.1, 0.15) is 12.3 Å². The fourth-order valence-corrected chi connectivity index (χ4v) is 4.19. The van der Waals surface area contributed by atoms with E-state index in [1.165, 1.54) is 0 Å². The molecule has 3 rings (SSSR count). The lowest BCUT2D eigenvalue weighted by atomic mass is 10.2. The number of rotatable bonds is 7. The lowest BCUT2D eigenvalue weighted by Crippen LogP contribution is -2.42. The normalized spacial score (nSPS) is 18.3. The Morgan fingerprint density at radius 2 is 1.74 bits per heavy atom. The smallest absolute Gasteiger partial charge is 0.344 e. The second-order valence-corrected chi connectivity index (χ2v) is 8.22. The molecule has 0 aliphatic carbocycles. The molecule has 0 atom stereocenters. The molecule has 2 aliphatic rings. The van der Waals surface area contributed by atoms with Crippen LogP contribution in [0.2, 0.25) is 0 Å². The van der Waals surface area contributed by atoms with Crippen LogP contribution in [0.3, 0.4) is 0 Å². The molecule has 0 unspecified atom stereocenters. The van der Waals surface area contributed by atoms with E-state index in [1.54, 1.807) is 42.2 Å². The summed E-state index contributed by atoms with van der Waals surface area (Å²) >= 11 is 0.829. The minimum atomic E-state index is -0.458. The van der Waals surface area contributed by atoms with Crippen molar-refractivity contribution in [2.24, 2.45) is 0 Å². The highest BCUT2D eigenvalue weighted by atomic mass is 32.2. The molecule has 8 nitrogen and oxygen atoms in total. The summed E-state index contributed by atoms with van der Waals surface area (Å²) in [5.74, 6) is -0.606. The van der Waals surface area contributed by atoms with E-state index >= 15 is 0 Å². The van der Waals surface area contributed by atoms with Gasteiger partial charge < -0.3 is 14.4 Å². The molecule has 0 spiro atoms. The lowest BCUT2D eigenvalue weighted by molar-refractivity contribution is -0.145. The molecule has 0 aromatic heterocycles. The maximum Gasteiger partial charge on any atom is 0.344 e. The first-order valence-corrected chi connectivity index (χ1v) is 11.2. The van der Waals surface area contributed by atoms with Gasteiger partial charge in [-0.1, -0.05) is 25.0 Å². The number of ether oxygens (including phenoxy) is 2. The number of hydrogen-bond acceptors (Lipinski definition) is 7.